The summed E-state index contributed by atoms with van der Waals surface area (Å²) >= 11 is 0. The van der Waals surface area contributed by atoms with Crippen LogP contribution in [0.25, 0.3) is 0 Å². The molecule has 1 aliphatic heterocycles. The Morgan fingerprint density at radius 3 is 2.93 bits per heavy atom. The van der Waals surface area contributed by atoms with Crippen LogP contribution in [-0.4, -0.2) is 31.2 Å². The molecule has 0 amide bonds. The summed E-state index contributed by atoms with van der Waals surface area (Å²) in [5.41, 5.74) is 1.21. The molecule has 0 radical (unpaired) electrons. The molecule has 0 bridgehead atoms. The van der Waals surface area contributed by atoms with Gasteiger partial charge in [0.15, 0.2) is 0 Å². The maximum absolute atomic E-state index is 4.42. The maximum atomic E-state index is 4.42. The Labute approximate surface area is 85.1 Å². The minimum absolute atomic E-state index is 0.602. The van der Waals surface area contributed by atoms with E-state index in [4.69, 9.17) is 0 Å². The second-order valence-electron chi connectivity index (χ2n) is 3.95. The van der Waals surface area contributed by atoms with Crippen molar-refractivity contribution in [2.75, 3.05) is 25.0 Å². The molecule has 0 spiro atoms. The van der Waals surface area contributed by atoms with Gasteiger partial charge in [-0.25, -0.2) is 4.98 Å². The summed E-state index contributed by atoms with van der Waals surface area (Å²) in [4.78, 5) is 6.68. The predicted octanol–water partition coefficient (Wildman–Crippen LogP) is 1.19. The van der Waals surface area contributed by atoms with Crippen LogP contribution >= 0.6 is 0 Å². The van der Waals surface area contributed by atoms with Gasteiger partial charge in [-0.1, -0.05) is 6.07 Å². The molecule has 0 aliphatic carbocycles. The summed E-state index contributed by atoms with van der Waals surface area (Å²) in [7, 11) is 2.12. The number of nitrogens with zero attached hydrogens (tertiary/aromatic N) is 2. The lowest BCUT2D eigenvalue weighted by Gasteiger charge is -2.24. The summed E-state index contributed by atoms with van der Waals surface area (Å²) in [6, 6.07) is 4.81. The lowest BCUT2D eigenvalue weighted by Crippen LogP contribution is -2.33. The Bertz CT molecular complexity index is 288. The largest absolute Gasteiger partial charge is 0.355 e. The minimum atomic E-state index is 0.602. The number of hydrogen-bond donors (Lipinski definition) is 1. The lowest BCUT2D eigenvalue weighted by atomic mass is 10.2. The molecular weight excluding hydrogens is 174 g/mol. The highest BCUT2D eigenvalue weighted by Crippen LogP contribution is 2.15. The van der Waals surface area contributed by atoms with E-state index in [-0.39, 0.29) is 0 Å². The molecule has 76 valence electrons. The van der Waals surface area contributed by atoms with E-state index in [1.807, 2.05) is 6.20 Å². The van der Waals surface area contributed by atoms with Crippen LogP contribution < -0.4 is 10.2 Å². The van der Waals surface area contributed by atoms with Crippen LogP contribution in [0.5, 0.6) is 0 Å². The molecule has 1 aromatic heterocycles. The van der Waals surface area contributed by atoms with E-state index in [0.717, 1.165) is 18.9 Å². The van der Waals surface area contributed by atoms with Gasteiger partial charge in [-0.3, -0.25) is 0 Å². The average molecular weight is 191 g/mol. The SMILES string of the molecule is Cc1ccc(N(C)[C@H]2CCNC2)nc1. The Hall–Kier alpha value is -1.09. The molecule has 0 unspecified atom stereocenters. The highest BCUT2D eigenvalue weighted by atomic mass is 15.2. The van der Waals surface area contributed by atoms with Crippen molar-refractivity contribution in [1.82, 2.24) is 10.3 Å². The Morgan fingerprint density at radius 1 is 1.50 bits per heavy atom. The number of hydrogen-bond acceptors (Lipinski definition) is 3. The molecule has 1 saturated heterocycles. The molecular formula is C11H17N3. The third-order valence-electron chi connectivity index (χ3n) is 2.84. The molecule has 1 atom stereocenters. The molecule has 1 N–H and O–H groups in total. The van der Waals surface area contributed by atoms with Crippen molar-refractivity contribution in [2.24, 2.45) is 0 Å². The van der Waals surface area contributed by atoms with Gasteiger partial charge < -0.3 is 10.2 Å². The summed E-state index contributed by atoms with van der Waals surface area (Å²) in [6.45, 7) is 4.26. The summed E-state index contributed by atoms with van der Waals surface area (Å²) in [6.07, 6.45) is 3.14. The van der Waals surface area contributed by atoms with E-state index in [2.05, 4.69) is 41.3 Å². The van der Waals surface area contributed by atoms with Gasteiger partial charge >= 0.3 is 0 Å². The molecule has 14 heavy (non-hydrogen) atoms. The van der Waals surface area contributed by atoms with Crippen molar-refractivity contribution < 1.29 is 0 Å². The van der Waals surface area contributed by atoms with Gasteiger partial charge in [0, 0.05) is 25.8 Å². The predicted molar refractivity (Wildman–Crippen MR) is 58.7 cm³/mol. The number of aryl methyl sites for hydroxylation is 1. The van der Waals surface area contributed by atoms with Crippen LogP contribution in [-0.2, 0) is 0 Å². The number of nitrogens with one attached hydrogen (secondary N) is 1. The maximum Gasteiger partial charge on any atom is 0.128 e. The van der Waals surface area contributed by atoms with Crippen molar-refractivity contribution in [1.29, 1.82) is 0 Å². The van der Waals surface area contributed by atoms with Crippen LogP contribution in [0.3, 0.4) is 0 Å². The number of pyridine rings is 1. The zero-order valence-electron chi connectivity index (χ0n) is 8.83. The fraction of sp³-hybridized carbons (Fsp3) is 0.545. The van der Waals surface area contributed by atoms with Gasteiger partial charge in [-0.15, -0.1) is 0 Å². The van der Waals surface area contributed by atoms with Gasteiger partial charge in [0.1, 0.15) is 5.82 Å². The number of rotatable bonds is 2. The normalized spacial score (nSPS) is 21.1. The highest BCUT2D eigenvalue weighted by molar-refractivity contribution is 5.39. The average Bonchev–Trinajstić information content (AvgIpc) is 2.71. The number of likely N-dealkylation sites (N-methyl/N-ethyl adjacent to an activating group) is 1. The van der Waals surface area contributed by atoms with E-state index in [1.165, 1.54) is 12.0 Å². The van der Waals surface area contributed by atoms with E-state index < -0.39 is 0 Å². The second kappa shape index (κ2) is 3.96. The van der Waals surface area contributed by atoms with E-state index in [0.29, 0.717) is 6.04 Å². The standard InChI is InChI=1S/C11H17N3/c1-9-3-4-11(13-7-9)14(2)10-5-6-12-8-10/h3-4,7,10,12H,5-6,8H2,1-2H3/t10-/m0/s1. The van der Waals surface area contributed by atoms with E-state index >= 15 is 0 Å². The first-order valence-corrected chi connectivity index (χ1v) is 5.13. The fourth-order valence-corrected chi connectivity index (χ4v) is 1.83. The zero-order chi connectivity index (χ0) is 9.97. The minimum Gasteiger partial charge on any atom is -0.355 e. The van der Waals surface area contributed by atoms with Crippen LogP contribution in [0.1, 0.15) is 12.0 Å². The lowest BCUT2D eigenvalue weighted by molar-refractivity contribution is 0.677. The number of anilines is 1. The molecule has 1 aliphatic rings. The molecule has 0 aromatic carbocycles. The van der Waals surface area contributed by atoms with Gasteiger partial charge in [0.05, 0.1) is 0 Å². The zero-order valence-corrected chi connectivity index (χ0v) is 8.83. The van der Waals surface area contributed by atoms with Crippen molar-refractivity contribution in [3.05, 3.63) is 23.9 Å². The van der Waals surface area contributed by atoms with Crippen LogP contribution in [0.2, 0.25) is 0 Å². The topological polar surface area (TPSA) is 28.2 Å². The molecule has 3 heteroatoms. The quantitative estimate of drug-likeness (QED) is 0.761. The fourth-order valence-electron chi connectivity index (χ4n) is 1.83. The molecule has 3 nitrogen and oxygen atoms in total. The van der Waals surface area contributed by atoms with Crippen LogP contribution in [0.4, 0.5) is 5.82 Å². The summed E-state index contributed by atoms with van der Waals surface area (Å²) < 4.78 is 0. The Balaban J connectivity index is 2.09. The van der Waals surface area contributed by atoms with Crippen LogP contribution in [0.15, 0.2) is 18.3 Å². The van der Waals surface area contributed by atoms with Gasteiger partial charge in [0.2, 0.25) is 0 Å². The summed E-state index contributed by atoms with van der Waals surface area (Å²) in [5.74, 6) is 1.07. The van der Waals surface area contributed by atoms with Gasteiger partial charge in [-0.05, 0) is 31.5 Å². The molecule has 2 rings (SSSR count). The molecule has 1 fully saturated rings. The van der Waals surface area contributed by atoms with Crippen LogP contribution in [0, 0.1) is 6.92 Å². The number of aromatic nitrogens is 1. The molecule has 2 heterocycles. The second-order valence-corrected chi connectivity index (χ2v) is 3.95. The van der Waals surface area contributed by atoms with Gasteiger partial charge in [-0.2, -0.15) is 0 Å². The molecule has 1 aromatic rings. The monoisotopic (exact) mass is 191 g/mol. The molecule has 0 saturated carbocycles. The van der Waals surface area contributed by atoms with Crippen molar-refractivity contribution >= 4 is 5.82 Å². The highest BCUT2D eigenvalue weighted by Gasteiger charge is 2.19. The Morgan fingerprint density at radius 2 is 2.36 bits per heavy atom. The van der Waals surface area contributed by atoms with Crippen molar-refractivity contribution in [3.8, 4) is 0 Å². The summed E-state index contributed by atoms with van der Waals surface area (Å²) in [5, 5.41) is 3.36. The van der Waals surface area contributed by atoms with Gasteiger partial charge in [0.25, 0.3) is 0 Å². The smallest absolute Gasteiger partial charge is 0.128 e. The van der Waals surface area contributed by atoms with E-state index in [9.17, 15) is 0 Å². The first-order valence-electron chi connectivity index (χ1n) is 5.13. The third-order valence-corrected chi connectivity index (χ3v) is 2.84. The van der Waals surface area contributed by atoms with E-state index in [1.54, 1.807) is 0 Å². The Kier molecular flexibility index (Phi) is 2.68. The van der Waals surface area contributed by atoms with Crippen molar-refractivity contribution in [3.63, 3.8) is 0 Å². The first kappa shape index (κ1) is 9.46. The first-order chi connectivity index (χ1) is 6.77. The van der Waals surface area contributed by atoms with Crippen molar-refractivity contribution in [2.45, 2.75) is 19.4 Å². The third kappa shape index (κ3) is 1.87.